The fourth-order valence-corrected chi connectivity index (χ4v) is 3.22. The highest BCUT2D eigenvalue weighted by molar-refractivity contribution is 9.10. The number of esters is 1. The summed E-state index contributed by atoms with van der Waals surface area (Å²) >= 11 is 4.01. The maximum atomic E-state index is 12.3. The smallest absolute Gasteiger partial charge is 0.326 e. The van der Waals surface area contributed by atoms with Gasteiger partial charge in [0.2, 0.25) is 0 Å². The number of phenols is 1. The standard InChI is InChI=1S/C15H14BrNO6S/c1-3-23-13(19)7-17-14(20)12(24-15(17)21)5-8-4-11(22-2)10(18)6-9(8)16/h4-6,18H,3,7H2,1-2H3/b12-5-. The van der Waals surface area contributed by atoms with Crippen LogP contribution in [-0.2, 0) is 14.3 Å². The number of nitrogens with zero attached hydrogens (tertiary/aromatic N) is 1. The van der Waals surface area contributed by atoms with Crippen LogP contribution in [0.25, 0.3) is 6.08 Å². The highest BCUT2D eigenvalue weighted by atomic mass is 79.9. The lowest BCUT2D eigenvalue weighted by atomic mass is 10.2. The number of halogens is 1. The number of imide groups is 1. The van der Waals surface area contributed by atoms with Gasteiger partial charge in [0.25, 0.3) is 11.1 Å². The molecule has 1 fully saturated rings. The first-order valence-corrected chi connectivity index (χ1v) is 8.45. The van der Waals surface area contributed by atoms with Crippen molar-refractivity contribution < 1.29 is 29.0 Å². The summed E-state index contributed by atoms with van der Waals surface area (Å²) in [7, 11) is 1.40. The minimum absolute atomic E-state index is 0.0584. The van der Waals surface area contributed by atoms with E-state index in [1.54, 1.807) is 6.92 Å². The number of aromatic hydroxyl groups is 1. The van der Waals surface area contributed by atoms with Crippen molar-refractivity contribution in [1.29, 1.82) is 0 Å². The number of methoxy groups -OCH3 is 1. The van der Waals surface area contributed by atoms with Crippen molar-refractivity contribution in [2.75, 3.05) is 20.3 Å². The summed E-state index contributed by atoms with van der Waals surface area (Å²) in [5.41, 5.74) is 0.547. The van der Waals surface area contributed by atoms with E-state index in [4.69, 9.17) is 9.47 Å². The minimum atomic E-state index is -0.645. The highest BCUT2D eigenvalue weighted by Crippen LogP contribution is 2.37. The summed E-state index contributed by atoms with van der Waals surface area (Å²) in [5, 5.41) is 9.16. The summed E-state index contributed by atoms with van der Waals surface area (Å²) in [5.74, 6) is -1.04. The number of hydrogen-bond donors (Lipinski definition) is 1. The lowest BCUT2D eigenvalue weighted by Gasteiger charge is -2.11. The number of thioether (sulfide) groups is 1. The van der Waals surface area contributed by atoms with E-state index in [0.29, 0.717) is 10.0 Å². The lowest BCUT2D eigenvalue weighted by molar-refractivity contribution is -0.145. The first kappa shape index (κ1) is 18.3. The topological polar surface area (TPSA) is 93.1 Å². The van der Waals surface area contributed by atoms with Crippen LogP contribution >= 0.6 is 27.7 Å². The Labute approximate surface area is 150 Å². The second-order valence-electron chi connectivity index (χ2n) is 4.62. The third-order valence-corrected chi connectivity index (χ3v) is 4.65. The predicted molar refractivity (Wildman–Crippen MR) is 91.7 cm³/mol. The first-order valence-electron chi connectivity index (χ1n) is 6.84. The minimum Gasteiger partial charge on any atom is -0.504 e. The number of carbonyl (C=O) groups is 3. The molecule has 0 spiro atoms. The Balaban J connectivity index is 2.27. The number of phenolic OH excluding ortho intramolecular Hbond substituents is 1. The van der Waals surface area contributed by atoms with Gasteiger partial charge < -0.3 is 14.6 Å². The molecule has 0 saturated carbocycles. The first-order chi connectivity index (χ1) is 11.4. The number of benzene rings is 1. The van der Waals surface area contributed by atoms with Crippen LogP contribution < -0.4 is 4.74 Å². The molecule has 0 aromatic heterocycles. The van der Waals surface area contributed by atoms with Gasteiger partial charge in [-0.15, -0.1) is 0 Å². The Hall–Kier alpha value is -2.00. The van der Waals surface area contributed by atoms with Crippen LogP contribution in [0.4, 0.5) is 4.79 Å². The molecule has 9 heteroatoms. The molecule has 0 radical (unpaired) electrons. The molecule has 1 aromatic rings. The SMILES string of the molecule is CCOC(=O)CN1C(=O)S/C(=C\c2cc(OC)c(O)cc2Br)C1=O. The van der Waals surface area contributed by atoms with E-state index in [0.717, 1.165) is 16.7 Å². The largest absolute Gasteiger partial charge is 0.504 e. The van der Waals surface area contributed by atoms with E-state index in [1.165, 1.54) is 25.3 Å². The quantitative estimate of drug-likeness (QED) is 0.583. The van der Waals surface area contributed by atoms with Crippen molar-refractivity contribution in [2.45, 2.75) is 6.92 Å². The maximum absolute atomic E-state index is 12.3. The van der Waals surface area contributed by atoms with Gasteiger partial charge in [-0.05, 0) is 42.5 Å². The summed E-state index contributed by atoms with van der Waals surface area (Å²) in [6, 6.07) is 2.95. The predicted octanol–water partition coefficient (Wildman–Crippen LogP) is 2.76. The van der Waals surface area contributed by atoms with Crippen LogP contribution in [0.1, 0.15) is 12.5 Å². The molecular formula is C15H14BrNO6S. The fraction of sp³-hybridized carbons (Fsp3) is 0.267. The Kier molecular flexibility index (Phi) is 5.89. The van der Waals surface area contributed by atoms with E-state index < -0.39 is 23.7 Å². The Morgan fingerprint density at radius 1 is 1.42 bits per heavy atom. The van der Waals surface area contributed by atoms with Crippen molar-refractivity contribution in [2.24, 2.45) is 0 Å². The van der Waals surface area contributed by atoms with Gasteiger partial charge in [0, 0.05) is 4.47 Å². The van der Waals surface area contributed by atoms with Gasteiger partial charge in [-0.25, -0.2) is 0 Å². The zero-order chi connectivity index (χ0) is 17.9. The van der Waals surface area contributed by atoms with Gasteiger partial charge >= 0.3 is 5.97 Å². The van der Waals surface area contributed by atoms with Gasteiger partial charge in [-0.1, -0.05) is 15.9 Å². The zero-order valence-electron chi connectivity index (χ0n) is 12.9. The third kappa shape index (κ3) is 3.90. The normalized spacial score (nSPS) is 16.0. The van der Waals surface area contributed by atoms with Crippen molar-refractivity contribution >= 4 is 50.9 Å². The summed E-state index contributed by atoms with van der Waals surface area (Å²) in [6.45, 7) is 1.39. The molecule has 0 atom stereocenters. The molecule has 2 amide bonds. The fourth-order valence-electron chi connectivity index (χ4n) is 1.95. The monoisotopic (exact) mass is 415 g/mol. The van der Waals surface area contributed by atoms with Gasteiger partial charge in [0.1, 0.15) is 6.54 Å². The van der Waals surface area contributed by atoms with Crippen molar-refractivity contribution in [3.8, 4) is 11.5 Å². The number of ether oxygens (including phenoxy) is 2. The lowest BCUT2D eigenvalue weighted by Crippen LogP contribution is -2.34. The van der Waals surface area contributed by atoms with Crippen LogP contribution in [0, 0.1) is 0 Å². The molecule has 7 nitrogen and oxygen atoms in total. The summed E-state index contributed by atoms with van der Waals surface area (Å²) in [6.07, 6.45) is 1.49. The molecule has 1 aromatic carbocycles. The Morgan fingerprint density at radius 2 is 2.12 bits per heavy atom. The summed E-state index contributed by atoms with van der Waals surface area (Å²) < 4.78 is 10.3. The van der Waals surface area contributed by atoms with Crippen LogP contribution in [0.15, 0.2) is 21.5 Å². The number of hydrogen-bond acceptors (Lipinski definition) is 7. The van der Waals surface area contributed by atoms with Crippen molar-refractivity contribution in [3.05, 3.63) is 27.1 Å². The molecule has 1 heterocycles. The second-order valence-corrected chi connectivity index (χ2v) is 6.47. The van der Waals surface area contributed by atoms with Gasteiger partial charge in [-0.2, -0.15) is 0 Å². The molecule has 128 valence electrons. The highest BCUT2D eigenvalue weighted by Gasteiger charge is 2.36. The summed E-state index contributed by atoms with van der Waals surface area (Å²) in [4.78, 5) is 36.7. The molecule has 0 aliphatic carbocycles. The molecule has 1 aliphatic heterocycles. The van der Waals surface area contributed by atoms with E-state index in [-0.39, 0.29) is 23.0 Å². The Bertz CT molecular complexity index is 733. The van der Waals surface area contributed by atoms with Crippen molar-refractivity contribution in [3.63, 3.8) is 0 Å². The van der Waals surface area contributed by atoms with E-state index >= 15 is 0 Å². The molecular weight excluding hydrogens is 402 g/mol. The van der Waals surface area contributed by atoms with Crippen LogP contribution in [-0.4, -0.2) is 47.4 Å². The van der Waals surface area contributed by atoms with E-state index in [1.807, 2.05) is 0 Å². The van der Waals surface area contributed by atoms with Gasteiger partial charge in [0.15, 0.2) is 11.5 Å². The van der Waals surface area contributed by atoms with Crippen molar-refractivity contribution in [1.82, 2.24) is 4.90 Å². The number of carbonyl (C=O) groups excluding carboxylic acids is 3. The van der Waals surface area contributed by atoms with Crippen LogP contribution in [0.2, 0.25) is 0 Å². The third-order valence-electron chi connectivity index (χ3n) is 3.05. The number of rotatable bonds is 5. The molecule has 2 rings (SSSR count). The molecule has 1 aliphatic rings. The van der Waals surface area contributed by atoms with E-state index in [2.05, 4.69) is 15.9 Å². The molecule has 0 unspecified atom stereocenters. The average molecular weight is 416 g/mol. The van der Waals surface area contributed by atoms with Gasteiger partial charge in [-0.3, -0.25) is 19.3 Å². The number of amides is 2. The molecule has 0 bridgehead atoms. The second kappa shape index (κ2) is 7.71. The van der Waals surface area contributed by atoms with E-state index in [9.17, 15) is 19.5 Å². The van der Waals surface area contributed by atoms with Crippen LogP contribution in [0.5, 0.6) is 11.5 Å². The zero-order valence-corrected chi connectivity index (χ0v) is 15.3. The van der Waals surface area contributed by atoms with Crippen LogP contribution in [0.3, 0.4) is 0 Å². The maximum Gasteiger partial charge on any atom is 0.326 e. The Morgan fingerprint density at radius 3 is 2.75 bits per heavy atom. The molecule has 24 heavy (non-hydrogen) atoms. The molecule has 1 N–H and O–H groups in total. The average Bonchev–Trinajstić information content (AvgIpc) is 2.78. The molecule has 1 saturated heterocycles. The van der Waals surface area contributed by atoms with Gasteiger partial charge in [0.05, 0.1) is 18.6 Å².